The van der Waals surface area contributed by atoms with Gasteiger partial charge in [-0.05, 0) is 6.42 Å². The molecule has 4 nitrogen and oxygen atoms in total. The fourth-order valence-corrected chi connectivity index (χ4v) is 1.63. The van der Waals surface area contributed by atoms with E-state index in [0.717, 1.165) is 24.2 Å². The number of aromatic nitrogens is 4. The Morgan fingerprint density at radius 2 is 2.40 bits per heavy atom. The summed E-state index contributed by atoms with van der Waals surface area (Å²) in [7, 11) is 0. The highest BCUT2D eigenvalue weighted by Gasteiger charge is 2.04. The Kier molecular flexibility index (Phi) is 2.91. The predicted molar refractivity (Wildman–Crippen MR) is 60.9 cm³/mol. The molecule has 0 aliphatic carbocycles. The van der Waals surface area contributed by atoms with E-state index in [1.165, 1.54) is 0 Å². The molecule has 0 fully saturated rings. The van der Waals surface area contributed by atoms with E-state index in [0.29, 0.717) is 4.64 Å². The van der Waals surface area contributed by atoms with E-state index in [-0.39, 0.29) is 0 Å². The summed E-state index contributed by atoms with van der Waals surface area (Å²) >= 11 is 5.15. The smallest absolute Gasteiger partial charge is 0.130 e. The number of nitrogens with zero attached hydrogens (tertiary/aromatic N) is 3. The number of H-pyrrole nitrogens is 1. The van der Waals surface area contributed by atoms with Crippen molar-refractivity contribution in [1.29, 1.82) is 0 Å². The van der Waals surface area contributed by atoms with Crippen molar-refractivity contribution in [3.8, 4) is 11.3 Å². The number of nitrogens with one attached hydrogen (secondary N) is 1. The molecule has 0 bridgehead atoms. The molecule has 5 heteroatoms. The molecule has 0 spiro atoms. The van der Waals surface area contributed by atoms with Gasteiger partial charge in [0.1, 0.15) is 10.3 Å². The number of rotatable bonds is 3. The second-order valence-electron chi connectivity index (χ2n) is 3.26. The van der Waals surface area contributed by atoms with E-state index >= 15 is 0 Å². The van der Waals surface area contributed by atoms with E-state index in [2.05, 4.69) is 22.0 Å². The molecule has 0 saturated heterocycles. The van der Waals surface area contributed by atoms with Crippen LogP contribution >= 0.6 is 12.2 Å². The Hall–Kier alpha value is -1.49. The summed E-state index contributed by atoms with van der Waals surface area (Å²) in [4.78, 5) is 7.19. The van der Waals surface area contributed by atoms with Gasteiger partial charge in [0.15, 0.2) is 0 Å². The fourth-order valence-electron chi connectivity index (χ4n) is 1.39. The predicted octanol–water partition coefficient (Wildman–Crippen LogP) is 2.41. The SMILES string of the molecule is CCCn1cc(-c2ncc[nH]c2=S)cn1. The average Bonchev–Trinajstić information content (AvgIpc) is 2.68. The topological polar surface area (TPSA) is 46.5 Å². The van der Waals surface area contributed by atoms with Gasteiger partial charge in [0, 0.05) is 30.7 Å². The molecule has 0 radical (unpaired) electrons. The quantitative estimate of drug-likeness (QED) is 0.808. The Balaban J connectivity index is 2.38. The zero-order chi connectivity index (χ0) is 10.7. The van der Waals surface area contributed by atoms with Crippen molar-refractivity contribution in [3.05, 3.63) is 29.4 Å². The maximum absolute atomic E-state index is 5.15. The van der Waals surface area contributed by atoms with Gasteiger partial charge in [-0.25, -0.2) is 0 Å². The Morgan fingerprint density at radius 3 is 3.13 bits per heavy atom. The van der Waals surface area contributed by atoms with E-state index in [1.54, 1.807) is 18.6 Å². The van der Waals surface area contributed by atoms with Gasteiger partial charge >= 0.3 is 0 Å². The summed E-state index contributed by atoms with van der Waals surface area (Å²) in [5.41, 5.74) is 1.75. The molecule has 0 aliphatic heterocycles. The highest BCUT2D eigenvalue weighted by Crippen LogP contribution is 2.15. The van der Waals surface area contributed by atoms with Crippen molar-refractivity contribution in [2.45, 2.75) is 19.9 Å². The van der Waals surface area contributed by atoms with Gasteiger partial charge in [-0.1, -0.05) is 19.1 Å². The monoisotopic (exact) mass is 220 g/mol. The van der Waals surface area contributed by atoms with Crippen LogP contribution in [-0.2, 0) is 6.54 Å². The van der Waals surface area contributed by atoms with Crippen LogP contribution < -0.4 is 0 Å². The second kappa shape index (κ2) is 4.35. The van der Waals surface area contributed by atoms with E-state index in [9.17, 15) is 0 Å². The molecule has 1 N–H and O–H groups in total. The van der Waals surface area contributed by atoms with E-state index in [1.807, 2.05) is 10.9 Å². The van der Waals surface area contributed by atoms with Crippen molar-refractivity contribution in [2.75, 3.05) is 0 Å². The maximum atomic E-state index is 5.15. The lowest BCUT2D eigenvalue weighted by atomic mass is 10.3. The van der Waals surface area contributed by atoms with E-state index < -0.39 is 0 Å². The van der Waals surface area contributed by atoms with Crippen LogP contribution in [0.4, 0.5) is 0 Å². The Morgan fingerprint density at radius 1 is 1.53 bits per heavy atom. The molecule has 0 aliphatic rings. The summed E-state index contributed by atoms with van der Waals surface area (Å²) < 4.78 is 2.55. The molecule has 0 unspecified atom stereocenters. The summed E-state index contributed by atoms with van der Waals surface area (Å²) in [6, 6.07) is 0. The third kappa shape index (κ3) is 2.12. The molecule has 0 atom stereocenters. The van der Waals surface area contributed by atoms with Gasteiger partial charge in [-0.3, -0.25) is 9.67 Å². The largest absolute Gasteiger partial charge is 0.350 e. The van der Waals surface area contributed by atoms with Crippen LogP contribution in [0.25, 0.3) is 11.3 Å². The zero-order valence-electron chi connectivity index (χ0n) is 8.47. The Labute approximate surface area is 93.0 Å². The first-order valence-electron chi connectivity index (χ1n) is 4.88. The normalized spacial score (nSPS) is 10.5. The molecule has 0 saturated carbocycles. The van der Waals surface area contributed by atoms with Crippen LogP contribution in [0, 0.1) is 4.64 Å². The lowest BCUT2D eigenvalue weighted by molar-refractivity contribution is 0.603. The molecule has 2 rings (SSSR count). The second-order valence-corrected chi connectivity index (χ2v) is 3.67. The Bertz CT molecular complexity index is 500. The molecule has 0 amide bonds. The number of aromatic amines is 1. The lowest BCUT2D eigenvalue weighted by Crippen LogP contribution is -1.95. The van der Waals surface area contributed by atoms with Crippen LogP contribution in [0.15, 0.2) is 24.8 Å². The van der Waals surface area contributed by atoms with Crippen molar-refractivity contribution < 1.29 is 0 Å². The summed E-state index contributed by atoms with van der Waals surface area (Å²) in [6.45, 7) is 3.04. The van der Waals surface area contributed by atoms with Crippen molar-refractivity contribution in [1.82, 2.24) is 19.7 Å². The van der Waals surface area contributed by atoms with Gasteiger partial charge in [0.25, 0.3) is 0 Å². The number of hydrogen-bond donors (Lipinski definition) is 1. The summed E-state index contributed by atoms with van der Waals surface area (Å²) in [6.07, 6.45) is 8.25. The first kappa shape index (κ1) is 10.0. The van der Waals surface area contributed by atoms with Crippen molar-refractivity contribution in [2.24, 2.45) is 0 Å². The summed E-state index contributed by atoms with van der Waals surface area (Å²) in [5.74, 6) is 0. The molecular formula is C10H12N4S. The van der Waals surface area contributed by atoms with Crippen LogP contribution in [0.3, 0.4) is 0 Å². The molecule has 2 aromatic rings. The van der Waals surface area contributed by atoms with Gasteiger partial charge in [0.2, 0.25) is 0 Å². The molecular weight excluding hydrogens is 208 g/mol. The van der Waals surface area contributed by atoms with Crippen molar-refractivity contribution >= 4 is 12.2 Å². The van der Waals surface area contributed by atoms with Gasteiger partial charge in [-0.2, -0.15) is 5.10 Å². The first-order chi connectivity index (χ1) is 7.31. The van der Waals surface area contributed by atoms with Crippen molar-refractivity contribution in [3.63, 3.8) is 0 Å². The van der Waals surface area contributed by atoms with Crippen LogP contribution in [0.5, 0.6) is 0 Å². The number of hydrogen-bond acceptors (Lipinski definition) is 3. The summed E-state index contributed by atoms with van der Waals surface area (Å²) in [5, 5.41) is 4.24. The molecule has 15 heavy (non-hydrogen) atoms. The minimum atomic E-state index is 0.647. The number of aryl methyl sites for hydroxylation is 1. The average molecular weight is 220 g/mol. The minimum Gasteiger partial charge on any atom is -0.350 e. The fraction of sp³-hybridized carbons (Fsp3) is 0.300. The van der Waals surface area contributed by atoms with Crippen LogP contribution in [0.1, 0.15) is 13.3 Å². The minimum absolute atomic E-state index is 0.647. The van der Waals surface area contributed by atoms with Gasteiger partial charge in [0.05, 0.1) is 6.20 Å². The molecule has 2 aromatic heterocycles. The highest BCUT2D eigenvalue weighted by molar-refractivity contribution is 7.71. The molecule has 0 aromatic carbocycles. The lowest BCUT2D eigenvalue weighted by Gasteiger charge is -1.96. The maximum Gasteiger partial charge on any atom is 0.130 e. The van der Waals surface area contributed by atoms with Gasteiger partial charge in [-0.15, -0.1) is 0 Å². The standard InChI is InChI=1S/C10H12N4S/c1-2-5-14-7-8(6-13-14)9-10(15)12-4-3-11-9/h3-4,6-7H,2,5H2,1H3,(H,12,15). The third-order valence-electron chi connectivity index (χ3n) is 2.07. The zero-order valence-corrected chi connectivity index (χ0v) is 9.29. The van der Waals surface area contributed by atoms with E-state index in [4.69, 9.17) is 12.2 Å². The highest BCUT2D eigenvalue weighted by atomic mass is 32.1. The first-order valence-corrected chi connectivity index (χ1v) is 5.28. The van der Waals surface area contributed by atoms with Crippen LogP contribution in [-0.4, -0.2) is 19.7 Å². The third-order valence-corrected chi connectivity index (χ3v) is 2.38. The van der Waals surface area contributed by atoms with Gasteiger partial charge < -0.3 is 4.98 Å². The van der Waals surface area contributed by atoms with Crippen LogP contribution in [0.2, 0.25) is 0 Å². The molecule has 2 heterocycles. The molecule has 78 valence electrons.